The third-order valence-corrected chi connectivity index (χ3v) is 5.16. The Morgan fingerprint density at radius 1 is 1.33 bits per heavy atom. The molecule has 18 heavy (non-hydrogen) atoms. The zero-order chi connectivity index (χ0) is 13.3. The summed E-state index contributed by atoms with van der Waals surface area (Å²) >= 11 is 0. The van der Waals surface area contributed by atoms with E-state index in [1.165, 1.54) is 4.31 Å². The van der Waals surface area contributed by atoms with Crippen LogP contribution >= 0.6 is 0 Å². The lowest BCUT2D eigenvalue weighted by molar-refractivity contribution is 0.286. The minimum absolute atomic E-state index is 0.149. The minimum Gasteiger partial charge on any atom is -0.395 e. The SMILES string of the molecule is C=CCC1C(CO)N1S(=O)(=O)c1ccc(C)cc1. The first kappa shape index (κ1) is 13.3. The van der Waals surface area contributed by atoms with E-state index in [1.54, 1.807) is 30.3 Å². The fourth-order valence-electron chi connectivity index (χ4n) is 2.13. The molecular weight excluding hydrogens is 250 g/mol. The predicted octanol–water partition coefficient (Wildman–Crippen LogP) is 1.30. The Morgan fingerprint density at radius 3 is 2.44 bits per heavy atom. The highest BCUT2D eigenvalue weighted by molar-refractivity contribution is 7.89. The van der Waals surface area contributed by atoms with Gasteiger partial charge in [0.15, 0.2) is 0 Å². The van der Waals surface area contributed by atoms with E-state index in [4.69, 9.17) is 0 Å². The van der Waals surface area contributed by atoms with Gasteiger partial charge in [-0.3, -0.25) is 0 Å². The van der Waals surface area contributed by atoms with Crippen LogP contribution in [0.5, 0.6) is 0 Å². The Kier molecular flexibility index (Phi) is 3.56. The summed E-state index contributed by atoms with van der Waals surface area (Å²) in [5.74, 6) is 0. The van der Waals surface area contributed by atoms with Crippen molar-refractivity contribution in [2.45, 2.75) is 30.3 Å². The molecule has 1 aromatic carbocycles. The van der Waals surface area contributed by atoms with E-state index in [0.717, 1.165) is 5.56 Å². The average molecular weight is 267 g/mol. The van der Waals surface area contributed by atoms with Gasteiger partial charge in [-0.1, -0.05) is 23.8 Å². The van der Waals surface area contributed by atoms with Crippen LogP contribution in [0.1, 0.15) is 12.0 Å². The molecule has 0 bridgehead atoms. The van der Waals surface area contributed by atoms with Gasteiger partial charge in [0.05, 0.1) is 17.5 Å². The van der Waals surface area contributed by atoms with Crippen molar-refractivity contribution < 1.29 is 13.5 Å². The van der Waals surface area contributed by atoms with Crippen LogP contribution in [0.15, 0.2) is 41.8 Å². The van der Waals surface area contributed by atoms with Crippen molar-refractivity contribution in [1.82, 2.24) is 4.31 Å². The maximum Gasteiger partial charge on any atom is 0.243 e. The van der Waals surface area contributed by atoms with E-state index in [2.05, 4.69) is 6.58 Å². The summed E-state index contributed by atoms with van der Waals surface area (Å²) in [6.07, 6.45) is 2.24. The molecule has 1 saturated heterocycles. The van der Waals surface area contributed by atoms with Gasteiger partial charge >= 0.3 is 0 Å². The molecule has 0 saturated carbocycles. The first-order valence-electron chi connectivity index (χ1n) is 5.84. The monoisotopic (exact) mass is 267 g/mol. The molecule has 1 aromatic rings. The molecule has 3 unspecified atom stereocenters. The van der Waals surface area contributed by atoms with Crippen LogP contribution in [0.3, 0.4) is 0 Å². The molecule has 2 rings (SSSR count). The first-order chi connectivity index (χ1) is 8.52. The van der Waals surface area contributed by atoms with Crippen molar-refractivity contribution in [3.8, 4) is 0 Å². The number of hydrogen-bond acceptors (Lipinski definition) is 3. The quantitative estimate of drug-likeness (QED) is 0.646. The number of benzene rings is 1. The molecule has 0 amide bonds. The van der Waals surface area contributed by atoms with E-state index in [9.17, 15) is 13.5 Å². The largest absolute Gasteiger partial charge is 0.395 e. The standard InChI is InChI=1S/C13H17NO3S/c1-3-4-12-13(9-15)14(12)18(16,17)11-7-5-10(2)6-8-11/h3,5-8,12-13,15H,1,4,9H2,2H3. The van der Waals surface area contributed by atoms with Gasteiger partial charge in [0.1, 0.15) is 0 Å². The lowest BCUT2D eigenvalue weighted by atomic mass is 10.2. The molecule has 1 aliphatic rings. The van der Waals surface area contributed by atoms with E-state index in [1.807, 2.05) is 6.92 Å². The summed E-state index contributed by atoms with van der Waals surface area (Å²) in [7, 11) is -3.49. The van der Waals surface area contributed by atoms with E-state index >= 15 is 0 Å². The number of nitrogens with zero attached hydrogens (tertiary/aromatic N) is 1. The summed E-state index contributed by atoms with van der Waals surface area (Å²) in [6, 6.07) is 6.28. The second kappa shape index (κ2) is 4.84. The molecule has 1 heterocycles. The van der Waals surface area contributed by atoms with Gasteiger partial charge in [0, 0.05) is 6.04 Å². The highest BCUT2D eigenvalue weighted by Crippen LogP contribution is 2.37. The lowest BCUT2D eigenvalue weighted by Gasteiger charge is -2.06. The van der Waals surface area contributed by atoms with Gasteiger partial charge in [-0.15, -0.1) is 6.58 Å². The highest BCUT2D eigenvalue weighted by Gasteiger charge is 2.54. The Hall–Kier alpha value is -1.17. The van der Waals surface area contributed by atoms with Crippen LogP contribution in [0.4, 0.5) is 0 Å². The van der Waals surface area contributed by atoms with E-state index in [0.29, 0.717) is 6.42 Å². The number of rotatable bonds is 5. The number of aryl methyl sites for hydroxylation is 1. The van der Waals surface area contributed by atoms with Crippen LogP contribution in [0.2, 0.25) is 0 Å². The van der Waals surface area contributed by atoms with Crippen molar-refractivity contribution >= 4 is 10.0 Å². The molecule has 1 aliphatic heterocycles. The number of aliphatic hydroxyl groups is 1. The smallest absolute Gasteiger partial charge is 0.243 e. The normalized spacial score (nSPS) is 26.9. The number of aliphatic hydroxyl groups excluding tert-OH is 1. The topological polar surface area (TPSA) is 57.4 Å². The number of hydrogen-bond donors (Lipinski definition) is 1. The van der Waals surface area contributed by atoms with E-state index < -0.39 is 10.0 Å². The van der Waals surface area contributed by atoms with Crippen LogP contribution in [-0.2, 0) is 10.0 Å². The average Bonchev–Trinajstić information content (AvgIpc) is 3.04. The first-order valence-corrected chi connectivity index (χ1v) is 7.28. The molecule has 4 nitrogen and oxygen atoms in total. The second-order valence-electron chi connectivity index (χ2n) is 4.49. The highest BCUT2D eigenvalue weighted by atomic mass is 32.2. The molecule has 1 N–H and O–H groups in total. The fourth-order valence-corrected chi connectivity index (χ4v) is 3.95. The van der Waals surface area contributed by atoms with Crippen LogP contribution in [0.25, 0.3) is 0 Å². The van der Waals surface area contributed by atoms with Gasteiger partial charge in [-0.05, 0) is 25.5 Å². The van der Waals surface area contributed by atoms with Crippen LogP contribution in [0, 0.1) is 6.92 Å². The molecular formula is C13H17NO3S. The van der Waals surface area contributed by atoms with Gasteiger partial charge in [-0.2, -0.15) is 4.31 Å². The molecule has 0 aromatic heterocycles. The summed E-state index contributed by atoms with van der Waals surface area (Å²) in [5, 5.41) is 9.19. The fraction of sp³-hybridized carbons (Fsp3) is 0.385. The molecule has 0 spiro atoms. The predicted molar refractivity (Wildman–Crippen MR) is 69.7 cm³/mol. The van der Waals surface area contributed by atoms with Crippen LogP contribution in [-0.4, -0.2) is 36.5 Å². The molecule has 5 heteroatoms. The van der Waals surface area contributed by atoms with Crippen molar-refractivity contribution in [3.05, 3.63) is 42.5 Å². The molecule has 98 valence electrons. The summed E-state index contributed by atoms with van der Waals surface area (Å²) in [6.45, 7) is 5.37. The van der Waals surface area contributed by atoms with E-state index in [-0.39, 0.29) is 23.6 Å². The second-order valence-corrected chi connectivity index (χ2v) is 6.33. The summed E-state index contributed by atoms with van der Waals surface area (Å²) in [5.41, 5.74) is 1.01. The van der Waals surface area contributed by atoms with Crippen molar-refractivity contribution in [3.63, 3.8) is 0 Å². The zero-order valence-electron chi connectivity index (χ0n) is 10.3. The Bertz CT molecular complexity index is 536. The van der Waals surface area contributed by atoms with Crippen molar-refractivity contribution in [2.75, 3.05) is 6.61 Å². The van der Waals surface area contributed by atoms with Gasteiger partial charge in [0.25, 0.3) is 0 Å². The maximum atomic E-state index is 12.3. The third kappa shape index (κ3) is 2.21. The minimum atomic E-state index is -3.49. The number of sulfonamides is 1. The van der Waals surface area contributed by atoms with Crippen LogP contribution < -0.4 is 0 Å². The maximum absolute atomic E-state index is 12.3. The molecule has 0 radical (unpaired) electrons. The lowest BCUT2D eigenvalue weighted by Crippen LogP contribution is -2.16. The molecule has 3 atom stereocenters. The zero-order valence-corrected chi connectivity index (χ0v) is 11.1. The Balaban J connectivity index is 2.27. The summed E-state index contributed by atoms with van der Waals surface area (Å²) in [4.78, 5) is 0.276. The Labute approximate surface area is 108 Å². The van der Waals surface area contributed by atoms with Crippen molar-refractivity contribution in [1.29, 1.82) is 0 Å². The van der Waals surface area contributed by atoms with Gasteiger partial charge in [-0.25, -0.2) is 8.42 Å². The van der Waals surface area contributed by atoms with Gasteiger partial charge < -0.3 is 5.11 Å². The van der Waals surface area contributed by atoms with Crippen molar-refractivity contribution in [2.24, 2.45) is 0 Å². The van der Waals surface area contributed by atoms with Gasteiger partial charge in [0.2, 0.25) is 10.0 Å². The third-order valence-electron chi connectivity index (χ3n) is 3.20. The molecule has 1 fully saturated rings. The summed E-state index contributed by atoms with van der Waals surface area (Å²) < 4.78 is 26.0. The molecule has 0 aliphatic carbocycles. The Morgan fingerprint density at radius 2 is 1.94 bits per heavy atom.